The van der Waals surface area contributed by atoms with Crippen molar-refractivity contribution in [3.63, 3.8) is 0 Å². The smallest absolute Gasteiger partial charge is 0.355 e. The molecule has 2 heterocycles. The van der Waals surface area contributed by atoms with E-state index in [1.54, 1.807) is 41.3 Å². The van der Waals surface area contributed by atoms with Crippen molar-refractivity contribution in [2.24, 2.45) is 5.92 Å². The lowest BCUT2D eigenvalue weighted by molar-refractivity contribution is -0.141. The summed E-state index contributed by atoms with van der Waals surface area (Å²) in [6, 6.07) is 16.9. The lowest BCUT2D eigenvalue weighted by Gasteiger charge is -2.31. The predicted octanol–water partition coefficient (Wildman–Crippen LogP) is 5.01. The van der Waals surface area contributed by atoms with Crippen molar-refractivity contribution in [2.45, 2.75) is 23.9 Å². The monoisotopic (exact) mass is 487 g/mol. The van der Waals surface area contributed by atoms with Crippen molar-refractivity contribution >= 4 is 34.5 Å². The molecule has 1 aliphatic heterocycles. The lowest BCUT2D eigenvalue weighted by Crippen LogP contribution is -2.43. The standard InChI is InChI=1S/C25H24F3N3O2S/c26-25(27,28)22-16-21(19-8-4-5-9-20(19)30-22)34-15-12-29-23(32)17-10-13-31(14-11-17)24(33)18-6-2-1-3-7-18/h1-9,16-17H,10-15H2,(H,29,32). The molecule has 1 fully saturated rings. The fraction of sp³-hybridized carbons (Fsp3) is 0.320. The number of alkyl halides is 3. The average Bonchev–Trinajstić information content (AvgIpc) is 2.86. The summed E-state index contributed by atoms with van der Waals surface area (Å²) in [6.07, 6.45) is -3.35. The number of amides is 2. The number of piperidine rings is 1. The van der Waals surface area contributed by atoms with Gasteiger partial charge in [-0.2, -0.15) is 13.2 Å². The predicted molar refractivity (Wildman–Crippen MR) is 126 cm³/mol. The van der Waals surface area contributed by atoms with Crippen molar-refractivity contribution in [3.8, 4) is 0 Å². The van der Waals surface area contributed by atoms with Gasteiger partial charge in [0.2, 0.25) is 5.91 Å². The third-order valence-corrected chi connectivity index (χ3v) is 6.86. The molecule has 1 aromatic heterocycles. The molecular weight excluding hydrogens is 463 g/mol. The van der Waals surface area contributed by atoms with E-state index in [0.717, 1.165) is 6.07 Å². The minimum absolute atomic E-state index is 0.0290. The summed E-state index contributed by atoms with van der Waals surface area (Å²) in [5.74, 6) is 0.146. The number of halogens is 3. The Hall–Kier alpha value is -3.07. The Morgan fingerprint density at radius 3 is 2.41 bits per heavy atom. The van der Waals surface area contributed by atoms with Crippen molar-refractivity contribution < 1.29 is 22.8 Å². The van der Waals surface area contributed by atoms with Gasteiger partial charge in [-0.3, -0.25) is 9.59 Å². The molecule has 178 valence electrons. The van der Waals surface area contributed by atoms with Gasteiger partial charge in [0, 0.05) is 47.2 Å². The fourth-order valence-electron chi connectivity index (χ4n) is 4.00. The van der Waals surface area contributed by atoms with E-state index in [1.807, 2.05) is 18.2 Å². The second-order valence-electron chi connectivity index (χ2n) is 8.09. The maximum Gasteiger partial charge on any atom is 0.433 e. The number of benzene rings is 2. The first-order valence-electron chi connectivity index (χ1n) is 11.0. The van der Waals surface area contributed by atoms with E-state index in [9.17, 15) is 22.8 Å². The molecule has 0 unspecified atom stereocenters. The van der Waals surface area contributed by atoms with Gasteiger partial charge in [0.05, 0.1) is 5.52 Å². The molecule has 0 spiro atoms. The van der Waals surface area contributed by atoms with Gasteiger partial charge in [-0.15, -0.1) is 11.8 Å². The minimum Gasteiger partial charge on any atom is -0.355 e. The maximum atomic E-state index is 13.2. The van der Waals surface area contributed by atoms with Crippen LogP contribution in [-0.4, -0.2) is 47.1 Å². The number of fused-ring (bicyclic) bond motifs is 1. The molecule has 34 heavy (non-hydrogen) atoms. The van der Waals surface area contributed by atoms with E-state index in [0.29, 0.717) is 59.6 Å². The van der Waals surface area contributed by atoms with E-state index in [2.05, 4.69) is 10.3 Å². The second-order valence-corrected chi connectivity index (χ2v) is 9.23. The van der Waals surface area contributed by atoms with Gasteiger partial charge in [-0.25, -0.2) is 4.98 Å². The molecule has 0 aliphatic carbocycles. The van der Waals surface area contributed by atoms with Gasteiger partial charge >= 0.3 is 6.18 Å². The van der Waals surface area contributed by atoms with Gasteiger partial charge < -0.3 is 10.2 Å². The SMILES string of the molecule is O=C(NCCSc1cc(C(F)(F)F)nc2ccccc12)C1CCN(C(=O)c2ccccc2)CC1. The summed E-state index contributed by atoms with van der Waals surface area (Å²) >= 11 is 1.26. The molecule has 0 bridgehead atoms. The van der Waals surface area contributed by atoms with Crippen molar-refractivity contribution in [1.82, 2.24) is 15.2 Å². The van der Waals surface area contributed by atoms with Gasteiger partial charge in [0.25, 0.3) is 5.91 Å². The van der Waals surface area contributed by atoms with E-state index in [-0.39, 0.29) is 17.7 Å². The highest BCUT2D eigenvalue weighted by atomic mass is 32.2. The number of nitrogens with zero attached hydrogens (tertiary/aromatic N) is 2. The van der Waals surface area contributed by atoms with Crippen molar-refractivity contribution in [2.75, 3.05) is 25.4 Å². The minimum atomic E-state index is -4.52. The molecule has 2 aromatic carbocycles. The Bertz CT molecular complexity index is 1160. The van der Waals surface area contributed by atoms with Gasteiger partial charge in [-0.05, 0) is 37.1 Å². The Morgan fingerprint density at radius 2 is 1.71 bits per heavy atom. The normalized spacial score (nSPS) is 14.9. The van der Waals surface area contributed by atoms with Crippen LogP contribution in [0.2, 0.25) is 0 Å². The zero-order valence-corrected chi connectivity index (χ0v) is 19.2. The number of rotatable bonds is 6. The van der Waals surface area contributed by atoms with Crippen LogP contribution in [0.1, 0.15) is 28.9 Å². The number of hydrogen-bond donors (Lipinski definition) is 1. The van der Waals surface area contributed by atoms with Crippen LogP contribution in [0.3, 0.4) is 0 Å². The molecule has 5 nitrogen and oxygen atoms in total. The molecule has 0 atom stereocenters. The Kier molecular flexibility index (Phi) is 7.41. The highest BCUT2D eigenvalue weighted by molar-refractivity contribution is 7.99. The van der Waals surface area contributed by atoms with Crippen LogP contribution in [0, 0.1) is 5.92 Å². The van der Waals surface area contributed by atoms with Crippen LogP contribution in [0.25, 0.3) is 10.9 Å². The number of likely N-dealkylation sites (tertiary alicyclic amines) is 1. The first-order valence-corrected chi connectivity index (χ1v) is 12.0. The first kappa shape index (κ1) is 24.1. The Balaban J connectivity index is 1.27. The first-order chi connectivity index (χ1) is 16.3. The van der Waals surface area contributed by atoms with Gasteiger partial charge in [0.1, 0.15) is 5.69 Å². The van der Waals surface area contributed by atoms with Crippen LogP contribution >= 0.6 is 11.8 Å². The molecule has 2 amide bonds. The zero-order chi connectivity index (χ0) is 24.1. The van der Waals surface area contributed by atoms with Crippen LogP contribution < -0.4 is 5.32 Å². The summed E-state index contributed by atoms with van der Waals surface area (Å²) in [6.45, 7) is 1.37. The number of hydrogen-bond acceptors (Lipinski definition) is 4. The van der Waals surface area contributed by atoms with E-state index < -0.39 is 11.9 Å². The molecule has 4 rings (SSSR count). The molecule has 0 radical (unpaired) electrons. The Labute approximate surface area is 199 Å². The number of pyridine rings is 1. The summed E-state index contributed by atoms with van der Waals surface area (Å²) in [5, 5.41) is 3.55. The third kappa shape index (κ3) is 5.70. The van der Waals surface area contributed by atoms with E-state index >= 15 is 0 Å². The number of thioether (sulfide) groups is 1. The third-order valence-electron chi connectivity index (χ3n) is 5.80. The van der Waals surface area contributed by atoms with Gasteiger partial charge in [0.15, 0.2) is 0 Å². The highest BCUT2D eigenvalue weighted by Crippen LogP contribution is 2.34. The summed E-state index contributed by atoms with van der Waals surface area (Å²) in [7, 11) is 0. The Morgan fingerprint density at radius 1 is 1.03 bits per heavy atom. The summed E-state index contributed by atoms with van der Waals surface area (Å²) < 4.78 is 39.6. The number of nitrogens with one attached hydrogen (secondary N) is 1. The quantitative estimate of drug-likeness (QED) is 0.392. The topological polar surface area (TPSA) is 62.3 Å². The van der Waals surface area contributed by atoms with E-state index in [4.69, 9.17) is 0 Å². The highest BCUT2D eigenvalue weighted by Gasteiger charge is 2.33. The number of aromatic nitrogens is 1. The molecule has 3 aromatic rings. The zero-order valence-electron chi connectivity index (χ0n) is 18.3. The lowest BCUT2D eigenvalue weighted by atomic mass is 9.95. The second kappa shape index (κ2) is 10.5. The average molecular weight is 488 g/mol. The summed E-state index contributed by atoms with van der Waals surface area (Å²) in [4.78, 5) is 31.1. The fourth-order valence-corrected chi connectivity index (χ4v) is 4.94. The number of para-hydroxylation sites is 1. The van der Waals surface area contributed by atoms with E-state index in [1.165, 1.54) is 11.8 Å². The molecule has 1 N–H and O–H groups in total. The van der Waals surface area contributed by atoms with Crippen LogP contribution in [0.4, 0.5) is 13.2 Å². The maximum absolute atomic E-state index is 13.2. The molecule has 9 heteroatoms. The van der Waals surface area contributed by atoms with Crippen molar-refractivity contribution in [3.05, 3.63) is 71.9 Å². The van der Waals surface area contributed by atoms with Crippen LogP contribution in [0.15, 0.2) is 65.6 Å². The van der Waals surface area contributed by atoms with Gasteiger partial charge in [-0.1, -0.05) is 36.4 Å². The van der Waals surface area contributed by atoms with Crippen molar-refractivity contribution in [1.29, 1.82) is 0 Å². The number of carbonyl (C=O) groups excluding carboxylic acids is 2. The molecule has 0 saturated carbocycles. The largest absolute Gasteiger partial charge is 0.433 e. The molecule has 1 saturated heterocycles. The molecular formula is C25H24F3N3O2S. The molecule has 1 aliphatic rings. The number of carbonyl (C=O) groups is 2. The van der Waals surface area contributed by atoms with Crippen LogP contribution in [-0.2, 0) is 11.0 Å². The summed E-state index contributed by atoms with van der Waals surface area (Å²) in [5.41, 5.74) is 0.00922. The van der Waals surface area contributed by atoms with Crippen LogP contribution in [0.5, 0.6) is 0 Å².